The zero-order valence-electron chi connectivity index (χ0n) is 5.69. The van der Waals surface area contributed by atoms with Gasteiger partial charge in [0.1, 0.15) is 5.10 Å². The summed E-state index contributed by atoms with van der Waals surface area (Å²) in [6, 6.07) is 0. The summed E-state index contributed by atoms with van der Waals surface area (Å²) in [6.45, 7) is 2.44. The smallest absolute Gasteiger partial charge is 0.358 e. The van der Waals surface area contributed by atoms with Crippen LogP contribution in [0, 0.1) is 13.8 Å². The molecular formula is C4H5IN4O2. The lowest BCUT2D eigenvalue weighted by molar-refractivity contribution is -0.390. The van der Waals surface area contributed by atoms with Crippen LogP contribution in [-0.4, -0.2) is 19.9 Å². The third-order valence-corrected chi connectivity index (χ3v) is 2.17. The van der Waals surface area contributed by atoms with Gasteiger partial charge in [-0.3, -0.25) is 0 Å². The molecule has 6 nitrogen and oxygen atoms in total. The van der Waals surface area contributed by atoms with Crippen molar-refractivity contribution in [1.29, 1.82) is 0 Å². The molecule has 0 bridgehead atoms. The Labute approximate surface area is 75.9 Å². The van der Waals surface area contributed by atoms with Crippen LogP contribution in [0.3, 0.4) is 0 Å². The van der Waals surface area contributed by atoms with Gasteiger partial charge in [-0.15, -0.1) is 0 Å². The summed E-state index contributed by atoms with van der Waals surface area (Å²) >= 11 is 1.85. The number of hydrogen-bond acceptors (Lipinski definition) is 4. The van der Waals surface area contributed by atoms with Crippen LogP contribution in [0.5, 0.6) is 0 Å². The van der Waals surface area contributed by atoms with E-state index in [1.54, 1.807) is 0 Å². The van der Waals surface area contributed by atoms with Gasteiger partial charge in [-0.05, 0) is 34.4 Å². The van der Waals surface area contributed by atoms with E-state index in [0.717, 1.165) is 0 Å². The SMILES string of the molecule is CCn1nnc([N+](=O)[O-])c1I. The van der Waals surface area contributed by atoms with Gasteiger partial charge in [0.15, 0.2) is 0 Å². The lowest BCUT2D eigenvalue weighted by atomic mass is 10.7. The molecule has 0 fully saturated rings. The Morgan fingerprint density at radius 3 is 2.73 bits per heavy atom. The van der Waals surface area contributed by atoms with E-state index < -0.39 is 4.92 Å². The van der Waals surface area contributed by atoms with Crippen molar-refractivity contribution in [2.45, 2.75) is 13.5 Å². The van der Waals surface area contributed by atoms with Gasteiger partial charge in [-0.2, -0.15) is 0 Å². The van der Waals surface area contributed by atoms with Gasteiger partial charge in [-0.25, -0.2) is 4.68 Å². The summed E-state index contributed by atoms with van der Waals surface area (Å²) in [6.07, 6.45) is 0. The van der Waals surface area contributed by atoms with Crippen LogP contribution in [0.15, 0.2) is 0 Å². The molecule has 0 N–H and O–H groups in total. The highest BCUT2D eigenvalue weighted by Crippen LogP contribution is 2.15. The molecule has 0 saturated heterocycles. The van der Waals surface area contributed by atoms with E-state index in [1.807, 2.05) is 29.5 Å². The average Bonchev–Trinajstić information content (AvgIpc) is 2.30. The fourth-order valence-corrected chi connectivity index (χ4v) is 1.35. The van der Waals surface area contributed by atoms with Crippen molar-refractivity contribution in [2.24, 2.45) is 0 Å². The lowest BCUT2D eigenvalue weighted by Gasteiger charge is -1.91. The number of rotatable bonds is 2. The Morgan fingerprint density at radius 2 is 2.45 bits per heavy atom. The molecular weight excluding hydrogens is 263 g/mol. The molecule has 1 aromatic heterocycles. The summed E-state index contributed by atoms with van der Waals surface area (Å²) in [4.78, 5) is 9.70. The molecule has 0 saturated carbocycles. The van der Waals surface area contributed by atoms with Gasteiger partial charge in [0, 0.05) is 6.54 Å². The zero-order valence-corrected chi connectivity index (χ0v) is 7.85. The first-order valence-corrected chi connectivity index (χ1v) is 3.98. The standard InChI is InChI=1S/C4H5IN4O2/c1-2-8-3(5)4(6-7-8)9(10)11/h2H2,1H3. The van der Waals surface area contributed by atoms with Gasteiger partial charge in [0.2, 0.25) is 3.70 Å². The molecule has 0 radical (unpaired) electrons. The first kappa shape index (κ1) is 8.37. The fourth-order valence-electron chi connectivity index (χ4n) is 0.606. The van der Waals surface area contributed by atoms with Gasteiger partial charge in [0.05, 0.1) is 5.21 Å². The van der Waals surface area contributed by atoms with Crippen molar-refractivity contribution in [3.63, 3.8) is 0 Å². The molecule has 0 spiro atoms. The zero-order chi connectivity index (χ0) is 8.43. The molecule has 1 rings (SSSR count). The van der Waals surface area contributed by atoms with E-state index in [0.29, 0.717) is 10.2 Å². The average molecular weight is 268 g/mol. The fraction of sp³-hybridized carbons (Fsp3) is 0.500. The van der Waals surface area contributed by atoms with Gasteiger partial charge in [0.25, 0.3) is 0 Å². The van der Waals surface area contributed by atoms with Crippen LogP contribution in [0.25, 0.3) is 0 Å². The van der Waals surface area contributed by atoms with Crippen molar-refractivity contribution in [1.82, 2.24) is 15.0 Å². The maximum absolute atomic E-state index is 10.2. The Bertz CT molecular complexity index is 284. The molecule has 0 aliphatic carbocycles. The van der Waals surface area contributed by atoms with Crippen molar-refractivity contribution in [2.75, 3.05) is 0 Å². The monoisotopic (exact) mass is 268 g/mol. The predicted molar refractivity (Wildman–Crippen MR) is 45.1 cm³/mol. The number of nitrogens with zero attached hydrogens (tertiary/aromatic N) is 4. The molecule has 0 atom stereocenters. The van der Waals surface area contributed by atoms with E-state index in [2.05, 4.69) is 10.3 Å². The van der Waals surface area contributed by atoms with E-state index in [4.69, 9.17) is 0 Å². The van der Waals surface area contributed by atoms with Crippen molar-refractivity contribution < 1.29 is 4.92 Å². The quantitative estimate of drug-likeness (QED) is 0.452. The largest absolute Gasteiger partial charge is 0.424 e. The van der Waals surface area contributed by atoms with Crippen LogP contribution in [-0.2, 0) is 6.54 Å². The highest BCUT2D eigenvalue weighted by Gasteiger charge is 2.19. The predicted octanol–water partition coefficient (Wildman–Crippen LogP) is 0.811. The van der Waals surface area contributed by atoms with Gasteiger partial charge < -0.3 is 10.1 Å². The minimum atomic E-state index is -0.541. The number of halogens is 1. The molecule has 0 amide bonds. The van der Waals surface area contributed by atoms with Crippen LogP contribution in [0.2, 0.25) is 0 Å². The summed E-state index contributed by atoms with van der Waals surface area (Å²) in [5.41, 5.74) is 0. The maximum atomic E-state index is 10.2. The first-order valence-electron chi connectivity index (χ1n) is 2.90. The first-order chi connectivity index (χ1) is 5.16. The Morgan fingerprint density at radius 1 is 1.82 bits per heavy atom. The van der Waals surface area contributed by atoms with Crippen LogP contribution >= 0.6 is 22.6 Å². The third kappa shape index (κ3) is 1.47. The second-order valence-electron chi connectivity index (χ2n) is 1.78. The Hall–Kier alpha value is -0.730. The molecule has 60 valence electrons. The number of hydrogen-bond donors (Lipinski definition) is 0. The summed E-state index contributed by atoms with van der Waals surface area (Å²) in [7, 11) is 0. The molecule has 0 aliphatic rings. The van der Waals surface area contributed by atoms with Crippen LogP contribution < -0.4 is 0 Å². The third-order valence-electron chi connectivity index (χ3n) is 1.13. The molecule has 0 aliphatic heterocycles. The highest BCUT2D eigenvalue weighted by molar-refractivity contribution is 14.1. The minimum absolute atomic E-state index is 0.174. The number of aryl methyl sites for hydroxylation is 1. The van der Waals surface area contributed by atoms with Crippen LogP contribution in [0.4, 0.5) is 5.82 Å². The Kier molecular flexibility index (Phi) is 2.37. The van der Waals surface area contributed by atoms with Crippen LogP contribution in [0.1, 0.15) is 6.92 Å². The number of aromatic nitrogens is 3. The number of nitro groups is 1. The van der Waals surface area contributed by atoms with E-state index in [9.17, 15) is 10.1 Å². The normalized spacial score (nSPS) is 10.0. The van der Waals surface area contributed by atoms with Crippen molar-refractivity contribution in [3.8, 4) is 0 Å². The lowest BCUT2D eigenvalue weighted by Crippen LogP contribution is -1.99. The molecule has 7 heteroatoms. The van der Waals surface area contributed by atoms with E-state index >= 15 is 0 Å². The molecule has 1 aromatic rings. The van der Waals surface area contributed by atoms with Gasteiger partial charge >= 0.3 is 5.82 Å². The van der Waals surface area contributed by atoms with E-state index in [1.165, 1.54) is 4.68 Å². The molecule has 0 aromatic carbocycles. The second kappa shape index (κ2) is 3.11. The summed E-state index contributed by atoms with van der Waals surface area (Å²) < 4.78 is 1.94. The highest BCUT2D eigenvalue weighted by atomic mass is 127. The molecule has 0 unspecified atom stereocenters. The molecule has 11 heavy (non-hydrogen) atoms. The minimum Gasteiger partial charge on any atom is -0.358 e. The van der Waals surface area contributed by atoms with Crippen molar-refractivity contribution >= 4 is 28.4 Å². The molecule has 1 heterocycles. The Balaban J connectivity index is 3.10. The van der Waals surface area contributed by atoms with Crippen molar-refractivity contribution in [3.05, 3.63) is 13.8 Å². The topological polar surface area (TPSA) is 73.8 Å². The summed E-state index contributed by atoms with van der Waals surface area (Å²) in [5.74, 6) is -0.174. The summed E-state index contributed by atoms with van der Waals surface area (Å²) in [5, 5.41) is 17.2. The second-order valence-corrected chi connectivity index (χ2v) is 2.80. The van der Waals surface area contributed by atoms with E-state index in [-0.39, 0.29) is 5.82 Å². The maximum Gasteiger partial charge on any atom is 0.424 e. The van der Waals surface area contributed by atoms with Gasteiger partial charge in [-0.1, -0.05) is 0 Å².